The molecule has 2 aromatic rings. The molecule has 0 amide bonds. The fourth-order valence-electron chi connectivity index (χ4n) is 1.75. The standard InChI is InChI=1S/C15H13ClO3/c1-10(11-5-3-2-4-6-11)19-14-8-7-12(16)9-13(14)15(17)18/h2-10H,1H3,(H,17,18). The molecule has 19 heavy (non-hydrogen) atoms. The van der Waals surface area contributed by atoms with Crippen molar-refractivity contribution in [2.45, 2.75) is 13.0 Å². The highest BCUT2D eigenvalue weighted by molar-refractivity contribution is 6.31. The minimum atomic E-state index is -1.06. The highest BCUT2D eigenvalue weighted by atomic mass is 35.5. The van der Waals surface area contributed by atoms with Crippen LogP contribution in [0, 0.1) is 0 Å². The van der Waals surface area contributed by atoms with Crippen molar-refractivity contribution >= 4 is 17.6 Å². The predicted octanol–water partition coefficient (Wildman–Crippen LogP) is 4.18. The van der Waals surface area contributed by atoms with Crippen LogP contribution in [0.4, 0.5) is 0 Å². The Morgan fingerprint density at radius 2 is 1.89 bits per heavy atom. The molecule has 98 valence electrons. The van der Waals surface area contributed by atoms with Gasteiger partial charge in [0.15, 0.2) is 0 Å². The van der Waals surface area contributed by atoms with Crippen molar-refractivity contribution in [1.29, 1.82) is 0 Å². The van der Waals surface area contributed by atoms with Crippen LogP contribution < -0.4 is 4.74 Å². The maximum absolute atomic E-state index is 11.2. The summed E-state index contributed by atoms with van der Waals surface area (Å²) >= 11 is 5.80. The van der Waals surface area contributed by atoms with Gasteiger partial charge in [-0.1, -0.05) is 41.9 Å². The Morgan fingerprint density at radius 3 is 2.53 bits per heavy atom. The Balaban J connectivity index is 2.26. The van der Waals surface area contributed by atoms with E-state index in [1.165, 1.54) is 6.07 Å². The molecule has 0 saturated heterocycles. The van der Waals surface area contributed by atoms with E-state index in [-0.39, 0.29) is 11.7 Å². The van der Waals surface area contributed by atoms with Gasteiger partial charge in [-0.3, -0.25) is 0 Å². The average molecular weight is 277 g/mol. The Bertz CT molecular complexity index is 581. The summed E-state index contributed by atoms with van der Waals surface area (Å²) in [5.41, 5.74) is 1.05. The van der Waals surface area contributed by atoms with E-state index in [1.807, 2.05) is 37.3 Å². The zero-order chi connectivity index (χ0) is 13.8. The molecule has 0 radical (unpaired) electrons. The second-order valence-electron chi connectivity index (χ2n) is 4.12. The molecule has 1 atom stereocenters. The zero-order valence-corrected chi connectivity index (χ0v) is 11.1. The number of carboxylic acid groups (broad SMARTS) is 1. The molecule has 0 spiro atoms. The highest BCUT2D eigenvalue weighted by Gasteiger charge is 2.15. The number of halogens is 1. The summed E-state index contributed by atoms with van der Waals surface area (Å²) < 4.78 is 5.71. The van der Waals surface area contributed by atoms with Crippen LogP contribution in [0.5, 0.6) is 5.75 Å². The van der Waals surface area contributed by atoms with Crippen molar-refractivity contribution in [3.8, 4) is 5.75 Å². The number of carbonyl (C=O) groups is 1. The van der Waals surface area contributed by atoms with Crippen LogP contribution in [0.25, 0.3) is 0 Å². The van der Waals surface area contributed by atoms with Gasteiger partial charge >= 0.3 is 5.97 Å². The van der Waals surface area contributed by atoms with Gasteiger partial charge in [-0.05, 0) is 30.7 Å². The van der Waals surface area contributed by atoms with Gasteiger partial charge in [0.05, 0.1) is 0 Å². The molecule has 0 heterocycles. The van der Waals surface area contributed by atoms with E-state index in [0.717, 1.165) is 5.56 Å². The summed E-state index contributed by atoms with van der Waals surface area (Å²) in [4.78, 5) is 11.2. The van der Waals surface area contributed by atoms with Gasteiger partial charge in [-0.2, -0.15) is 0 Å². The van der Waals surface area contributed by atoms with E-state index in [2.05, 4.69) is 0 Å². The third kappa shape index (κ3) is 3.26. The van der Waals surface area contributed by atoms with Crippen molar-refractivity contribution in [2.24, 2.45) is 0 Å². The molecule has 2 rings (SSSR count). The molecular weight excluding hydrogens is 264 g/mol. The lowest BCUT2D eigenvalue weighted by molar-refractivity contribution is 0.0689. The Labute approximate surface area is 116 Å². The van der Waals surface area contributed by atoms with Crippen LogP contribution in [-0.2, 0) is 0 Å². The summed E-state index contributed by atoms with van der Waals surface area (Å²) in [6.45, 7) is 1.87. The van der Waals surface area contributed by atoms with Crippen LogP contribution >= 0.6 is 11.6 Å². The Kier molecular flexibility index (Phi) is 4.07. The van der Waals surface area contributed by atoms with Crippen molar-refractivity contribution in [1.82, 2.24) is 0 Å². The average Bonchev–Trinajstić information content (AvgIpc) is 2.41. The van der Waals surface area contributed by atoms with E-state index in [1.54, 1.807) is 12.1 Å². The molecule has 0 aliphatic rings. The first-order chi connectivity index (χ1) is 9.08. The fraction of sp³-hybridized carbons (Fsp3) is 0.133. The molecule has 0 aliphatic heterocycles. The van der Waals surface area contributed by atoms with Gasteiger partial charge in [-0.25, -0.2) is 4.79 Å². The van der Waals surface area contributed by atoms with Gasteiger partial charge < -0.3 is 9.84 Å². The summed E-state index contributed by atoms with van der Waals surface area (Å²) in [7, 11) is 0. The predicted molar refractivity (Wildman–Crippen MR) is 73.9 cm³/mol. The molecule has 1 N–H and O–H groups in total. The van der Waals surface area contributed by atoms with Crippen LogP contribution in [-0.4, -0.2) is 11.1 Å². The molecule has 3 nitrogen and oxygen atoms in total. The van der Waals surface area contributed by atoms with Gasteiger partial charge in [0.1, 0.15) is 17.4 Å². The third-order valence-corrected chi connectivity index (χ3v) is 2.98. The van der Waals surface area contributed by atoms with Crippen LogP contribution in [0.3, 0.4) is 0 Å². The van der Waals surface area contributed by atoms with Gasteiger partial charge in [-0.15, -0.1) is 0 Å². The van der Waals surface area contributed by atoms with Gasteiger partial charge in [0.2, 0.25) is 0 Å². The second-order valence-corrected chi connectivity index (χ2v) is 4.55. The Morgan fingerprint density at radius 1 is 1.21 bits per heavy atom. The molecule has 4 heteroatoms. The highest BCUT2D eigenvalue weighted by Crippen LogP contribution is 2.27. The molecule has 0 aromatic heterocycles. The number of carboxylic acids is 1. The molecule has 0 aliphatic carbocycles. The quantitative estimate of drug-likeness (QED) is 0.911. The first-order valence-electron chi connectivity index (χ1n) is 5.82. The van der Waals surface area contributed by atoms with E-state index >= 15 is 0 Å². The van der Waals surface area contributed by atoms with Crippen molar-refractivity contribution in [2.75, 3.05) is 0 Å². The van der Waals surface area contributed by atoms with E-state index < -0.39 is 5.97 Å². The normalized spacial score (nSPS) is 11.9. The summed E-state index contributed by atoms with van der Waals surface area (Å²) in [5, 5.41) is 9.51. The van der Waals surface area contributed by atoms with Gasteiger partial charge in [0.25, 0.3) is 0 Å². The first kappa shape index (κ1) is 13.4. The number of ether oxygens (including phenoxy) is 1. The SMILES string of the molecule is CC(Oc1ccc(Cl)cc1C(=O)O)c1ccccc1. The van der Waals surface area contributed by atoms with Crippen LogP contribution in [0.2, 0.25) is 5.02 Å². The smallest absolute Gasteiger partial charge is 0.339 e. The number of rotatable bonds is 4. The lowest BCUT2D eigenvalue weighted by Gasteiger charge is -2.16. The Hall–Kier alpha value is -2.00. The maximum Gasteiger partial charge on any atom is 0.339 e. The molecule has 0 saturated carbocycles. The summed E-state index contributed by atoms with van der Waals surface area (Å²) in [5.74, 6) is -0.744. The number of benzene rings is 2. The van der Waals surface area contributed by atoms with Crippen molar-refractivity contribution in [3.63, 3.8) is 0 Å². The van der Waals surface area contributed by atoms with E-state index in [9.17, 15) is 4.79 Å². The second kappa shape index (κ2) is 5.76. The summed E-state index contributed by atoms with van der Waals surface area (Å²) in [6, 6.07) is 14.2. The number of aromatic carboxylic acids is 1. The minimum absolute atomic E-state index is 0.0651. The summed E-state index contributed by atoms with van der Waals surface area (Å²) in [6.07, 6.45) is -0.236. The monoisotopic (exact) mass is 276 g/mol. The molecular formula is C15H13ClO3. The minimum Gasteiger partial charge on any atom is -0.485 e. The molecule has 0 fully saturated rings. The van der Waals surface area contributed by atoms with Crippen LogP contribution in [0.1, 0.15) is 28.9 Å². The number of hydrogen-bond acceptors (Lipinski definition) is 2. The topological polar surface area (TPSA) is 46.5 Å². The fourth-order valence-corrected chi connectivity index (χ4v) is 1.93. The molecule has 1 unspecified atom stereocenters. The maximum atomic E-state index is 11.2. The first-order valence-corrected chi connectivity index (χ1v) is 6.20. The lowest BCUT2D eigenvalue weighted by Crippen LogP contribution is -2.07. The van der Waals surface area contributed by atoms with Gasteiger partial charge in [0, 0.05) is 5.02 Å². The third-order valence-electron chi connectivity index (χ3n) is 2.74. The lowest BCUT2D eigenvalue weighted by atomic mass is 10.1. The molecule has 0 bridgehead atoms. The van der Waals surface area contributed by atoms with E-state index in [0.29, 0.717) is 10.8 Å². The van der Waals surface area contributed by atoms with Crippen molar-refractivity contribution < 1.29 is 14.6 Å². The number of hydrogen-bond donors (Lipinski definition) is 1. The van der Waals surface area contributed by atoms with E-state index in [4.69, 9.17) is 21.4 Å². The largest absolute Gasteiger partial charge is 0.485 e. The molecule has 2 aromatic carbocycles. The van der Waals surface area contributed by atoms with Crippen LogP contribution in [0.15, 0.2) is 48.5 Å². The zero-order valence-electron chi connectivity index (χ0n) is 10.3. The van der Waals surface area contributed by atoms with Crippen molar-refractivity contribution in [3.05, 3.63) is 64.7 Å².